The van der Waals surface area contributed by atoms with Gasteiger partial charge in [0.1, 0.15) is 0 Å². The maximum atomic E-state index is 5.85. The van der Waals surface area contributed by atoms with Crippen LogP contribution in [-0.4, -0.2) is 15.3 Å². The molecule has 1 aromatic rings. The number of anilines is 1. The first-order valence-corrected chi connectivity index (χ1v) is 6.58. The third-order valence-corrected chi connectivity index (χ3v) is 4.03. The van der Waals surface area contributed by atoms with Crippen LogP contribution in [0.3, 0.4) is 0 Å². The number of aromatic nitrogens is 2. The van der Waals surface area contributed by atoms with Gasteiger partial charge < -0.3 is 5.32 Å². The molecule has 84 valence electrons. The summed E-state index contributed by atoms with van der Waals surface area (Å²) in [6.07, 6.45) is 5.36. The third kappa shape index (κ3) is 3.05. The molecule has 0 atom stereocenters. The molecular weight excluding hydrogens is 230 g/mol. The Bertz CT molecular complexity index is 307. The van der Waals surface area contributed by atoms with Crippen LogP contribution in [0.15, 0.2) is 0 Å². The molecule has 1 N–H and O–H groups in total. The van der Waals surface area contributed by atoms with E-state index >= 15 is 0 Å². The Balaban J connectivity index is 1.77. The first-order chi connectivity index (χ1) is 7.25. The summed E-state index contributed by atoms with van der Waals surface area (Å²) < 4.78 is 8.03. The lowest BCUT2D eigenvalue weighted by molar-refractivity contribution is 0.300. The van der Waals surface area contributed by atoms with E-state index in [9.17, 15) is 0 Å². The van der Waals surface area contributed by atoms with Crippen molar-refractivity contribution in [3.05, 3.63) is 5.15 Å². The second-order valence-corrected chi connectivity index (χ2v) is 5.30. The van der Waals surface area contributed by atoms with Gasteiger partial charge in [-0.3, -0.25) is 0 Å². The Kier molecular flexibility index (Phi) is 3.81. The smallest absolute Gasteiger partial charge is 0.186 e. The van der Waals surface area contributed by atoms with Crippen LogP contribution in [0, 0.1) is 11.8 Å². The fourth-order valence-electron chi connectivity index (χ4n) is 2.06. The van der Waals surface area contributed by atoms with Gasteiger partial charge in [0, 0.05) is 6.54 Å². The molecule has 15 heavy (non-hydrogen) atoms. The first-order valence-electron chi connectivity index (χ1n) is 5.47. The SMILES string of the molecule is CC1CCC(CNc2nsnc2Cl)CC1. The van der Waals surface area contributed by atoms with Gasteiger partial charge in [-0.2, -0.15) is 8.75 Å². The van der Waals surface area contributed by atoms with E-state index in [0.29, 0.717) is 5.15 Å². The molecule has 3 nitrogen and oxygen atoms in total. The molecule has 1 aliphatic rings. The van der Waals surface area contributed by atoms with Gasteiger partial charge in [-0.05, 0) is 24.7 Å². The minimum Gasteiger partial charge on any atom is -0.366 e. The van der Waals surface area contributed by atoms with Crippen LogP contribution in [-0.2, 0) is 0 Å². The van der Waals surface area contributed by atoms with E-state index in [-0.39, 0.29) is 0 Å². The van der Waals surface area contributed by atoms with Gasteiger partial charge in [0.05, 0.1) is 11.7 Å². The van der Waals surface area contributed by atoms with Crippen molar-refractivity contribution in [2.24, 2.45) is 11.8 Å². The normalized spacial score (nSPS) is 26.5. The molecule has 1 fully saturated rings. The fourth-order valence-corrected chi connectivity index (χ4v) is 2.74. The highest BCUT2D eigenvalue weighted by Crippen LogP contribution is 2.28. The minimum atomic E-state index is 0.504. The van der Waals surface area contributed by atoms with Gasteiger partial charge >= 0.3 is 0 Å². The molecular formula is C10H16ClN3S. The van der Waals surface area contributed by atoms with E-state index in [0.717, 1.165) is 35.9 Å². The molecule has 5 heteroatoms. The molecule has 2 rings (SSSR count). The predicted molar refractivity (Wildman–Crippen MR) is 64.5 cm³/mol. The summed E-state index contributed by atoms with van der Waals surface area (Å²) in [6.45, 7) is 3.32. The predicted octanol–water partition coefficient (Wildman–Crippen LogP) is 3.43. The van der Waals surface area contributed by atoms with Gasteiger partial charge in [-0.25, -0.2) is 0 Å². The molecule has 0 saturated heterocycles. The summed E-state index contributed by atoms with van der Waals surface area (Å²) in [6, 6.07) is 0. The van der Waals surface area contributed by atoms with E-state index < -0.39 is 0 Å². The molecule has 0 bridgehead atoms. The van der Waals surface area contributed by atoms with Gasteiger partial charge in [0.2, 0.25) is 0 Å². The minimum absolute atomic E-state index is 0.504. The Morgan fingerprint density at radius 2 is 2.07 bits per heavy atom. The Morgan fingerprint density at radius 3 is 2.67 bits per heavy atom. The summed E-state index contributed by atoms with van der Waals surface area (Å²) in [5.41, 5.74) is 0. The summed E-state index contributed by atoms with van der Waals surface area (Å²) in [5, 5.41) is 3.79. The average molecular weight is 246 g/mol. The number of rotatable bonds is 3. The number of halogens is 1. The molecule has 1 saturated carbocycles. The monoisotopic (exact) mass is 245 g/mol. The van der Waals surface area contributed by atoms with Gasteiger partial charge in [-0.1, -0.05) is 31.4 Å². The Labute approximate surface area is 99.6 Å². The standard InChI is InChI=1S/C10H16ClN3S/c1-7-2-4-8(5-3-7)6-12-10-9(11)13-15-14-10/h7-8H,2-6H2,1H3,(H,12,14). The van der Waals surface area contributed by atoms with Gasteiger partial charge in [0.15, 0.2) is 11.0 Å². The van der Waals surface area contributed by atoms with Crippen LogP contribution < -0.4 is 5.32 Å². The van der Waals surface area contributed by atoms with Crippen molar-refractivity contribution in [2.45, 2.75) is 32.6 Å². The lowest BCUT2D eigenvalue weighted by Crippen LogP contribution is -2.20. The van der Waals surface area contributed by atoms with Crippen molar-refractivity contribution in [3.8, 4) is 0 Å². The molecule has 1 aromatic heterocycles. The number of nitrogens with one attached hydrogen (secondary N) is 1. The molecule has 0 aromatic carbocycles. The van der Waals surface area contributed by atoms with E-state index in [1.165, 1.54) is 25.7 Å². The van der Waals surface area contributed by atoms with Crippen LogP contribution in [0.4, 0.5) is 5.82 Å². The van der Waals surface area contributed by atoms with Crippen molar-refractivity contribution in [1.82, 2.24) is 8.75 Å². The van der Waals surface area contributed by atoms with Crippen LogP contribution in [0.25, 0.3) is 0 Å². The largest absolute Gasteiger partial charge is 0.366 e. The van der Waals surface area contributed by atoms with E-state index in [1.54, 1.807) is 0 Å². The van der Waals surface area contributed by atoms with Crippen molar-refractivity contribution < 1.29 is 0 Å². The summed E-state index contributed by atoms with van der Waals surface area (Å²) >= 11 is 7.01. The first kappa shape index (κ1) is 11.1. The van der Waals surface area contributed by atoms with Crippen LogP contribution in [0.2, 0.25) is 5.15 Å². The molecule has 0 aliphatic heterocycles. The fraction of sp³-hybridized carbons (Fsp3) is 0.800. The average Bonchev–Trinajstić information content (AvgIpc) is 2.63. The maximum Gasteiger partial charge on any atom is 0.186 e. The maximum absolute atomic E-state index is 5.85. The Hall–Kier alpha value is -0.350. The Morgan fingerprint density at radius 1 is 1.33 bits per heavy atom. The van der Waals surface area contributed by atoms with Crippen LogP contribution >= 0.6 is 23.3 Å². The quantitative estimate of drug-likeness (QED) is 0.887. The summed E-state index contributed by atoms with van der Waals surface area (Å²) in [4.78, 5) is 0. The number of hydrogen-bond acceptors (Lipinski definition) is 4. The molecule has 0 amide bonds. The van der Waals surface area contributed by atoms with E-state index in [4.69, 9.17) is 11.6 Å². The highest BCUT2D eigenvalue weighted by atomic mass is 35.5. The van der Waals surface area contributed by atoms with Crippen molar-refractivity contribution in [1.29, 1.82) is 0 Å². The van der Waals surface area contributed by atoms with Crippen molar-refractivity contribution >= 4 is 29.1 Å². The van der Waals surface area contributed by atoms with Crippen LogP contribution in [0.1, 0.15) is 32.6 Å². The van der Waals surface area contributed by atoms with Crippen molar-refractivity contribution in [2.75, 3.05) is 11.9 Å². The number of nitrogens with zero attached hydrogens (tertiary/aromatic N) is 2. The van der Waals surface area contributed by atoms with Gasteiger partial charge in [0.25, 0.3) is 0 Å². The zero-order chi connectivity index (χ0) is 10.7. The topological polar surface area (TPSA) is 37.8 Å². The second kappa shape index (κ2) is 5.12. The molecule has 0 unspecified atom stereocenters. The zero-order valence-corrected chi connectivity index (χ0v) is 10.4. The molecule has 1 heterocycles. The lowest BCUT2D eigenvalue weighted by Gasteiger charge is -2.26. The van der Waals surface area contributed by atoms with E-state index in [2.05, 4.69) is 21.0 Å². The van der Waals surface area contributed by atoms with Gasteiger partial charge in [-0.15, -0.1) is 0 Å². The highest BCUT2D eigenvalue weighted by Gasteiger charge is 2.18. The zero-order valence-electron chi connectivity index (χ0n) is 8.87. The third-order valence-electron chi connectivity index (χ3n) is 3.14. The summed E-state index contributed by atoms with van der Waals surface area (Å²) in [7, 11) is 0. The molecule has 0 radical (unpaired) electrons. The summed E-state index contributed by atoms with van der Waals surface area (Å²) in [5.74, 6) is 2.44. The molecule has 0 spiro atoms. The second-order valence-electron chi connectivity index (χ2n) is 4.41. The number of hydrogen-bond donors (Lipinski definition) is 1. The van der Waals surface area contributed by atoms with E-state index in [1.807, 2.05) is 0 Å². The van der Waals surface area contributed by atoms with Crippen LogP contribution in [0.5, 0.6) is 0 Å². The van der Waals surface area contributed by atoms with Crippen molar-refractivity contribution in [3.63, 3.8) is 0 Å². The lowest BCUT2D eigenvalue weighted by atomic mass is 9.83. The highest BCUT2D eigenvalue weighted by molar-refractivity contribution is 6.99. The molecule has 1 aliphatic carbocycles.